The molecule has 1 aliphatic rings. The molecule has 0 aliphatic carbocycles. The number of carbonyl (C=O) groups excluding carboxylic acids is 1. The van der Waals surface area contributed by atoms with E-state index < -0.39 is 0 Å². The summed E-state index contributed by atoms with van der Waals surface area (Å²) >= 11 is 1.64. The van der Waals surface area contributed by atoms with E-state index in [-0.39, 0.29) is 11.9 Å². The summed E-state index contributed by atoms with van der Waals surface area (Å²) in [7, 11) is 0. The van der Waals surface area contributed by atoms with Crippen molar-refractivity contribution in [3.8, 4) is 0 Å². The lowest BCUT2D eigenvalue weighted by atomic mass is 9.99. The van der Waals surface area contributed by atoms with E-state index in [9.17, 15) is 4.79 Å². The Morgan fingerprint density at radius 1 is 1.29 bits per heavy atom. The van der Waals surface area contributed by atoms with Gasteiger partial charge in [-0.2, -0.15) is 0 Å². The number of hydrogen-bond acceptors (Lipinski definition) is 4. The quantitative estimate of drug-likeness (QED) is 0.755. The number of nitrogens with one attached hydrogen (secondary N) is 1. The lowest BCUT2D eigenvalue weighted by Gasteiger charge is -2.22. The molecule has 0 bridgehead atoms. The minimum atomic E-state index is -0.165. The minimum absolute atomic E-state index is 0.0464. The van der Waals surface area contributed by atoms with Crippen molar-refractivity contribution in [3.05, 3.63) is 35.4 Å². The average molecular weight is 351 g/mol. The van der Waals surface area contributed by atoms with E-state index in [1.165, 1.54) is 12.0 Å². The molecule has 5 heteroatoms. The van der Waals surface area contributed by atoms with E-state index >= 15 is 0 Å². The number of thioether (sulfide) groups is 1. The maximum Gasteiger partial charge on any atom is 0.230 e. The number of rotatable bonds is 8. The molecule has 0 aromatic heterocycles. The molecule has 2 unspecified atom stereocenters. The maximum atomic E-state index is 11.9. The number of benzene rings is 1. The fourth-order valence-corrected chi connectivity index (χ4v) is 3.67. The second-order valence-electron chi connectivity index (χ2n) is 6.74. The molecule has 0 saturated carbocycles. The maximum absolute atomic E-state index is 11.9. The van der Waals surface area contributed by atoms with Gasteiger partial charge in [-0.15, -0.1) is 11.8 Å². The summed E-state index contributed by atoms with van der Waals surface area (Å²) in [6.07, 6.45) is 3.84. The molecule has 2 atom stereocenters. The van der Waals surface area contributed by atoms with Crippen molar-refractivity contribution in [3.63, 3.8) is 0 Å². The molecule has 1 heterocycles. The van der Waals surface area contributed by atoms with Gasteiger partial charge in [0, 0.05) is 24.9 Å². The first-order valence-electron chi connectivity index (χ1n) is 8.87. The zero-order valence-electron chi connectivity index (χ0n) is 14.8. The molecule has 134 valence electrons. The van der Waals surface area contributed by atoms with Crippen molar-refractivity contribution in [2.45, 2.75) is 51.2 Å². The van der Waals surface area contributed by atoms with Crippen LogP contribution in [0.3, 0.4) is 0 Å². The largest absolute Gasteiger partial charge is 0.377 e. The van der Waals surface area contributed by atoms with Gasteiger partial charge in [-0.05, 0) is 36.3 Å². The highest BCUT2D eigenvalue weighted by atomic mass is 32.2. The van der Waals surface area contributed by atoms with Gasteiger partial charge in [0.15, 0.2) is 0 Å². The van der Waals surface area contributed by atoms with Crippen LogP contribution >= 0.6 is 11.8 Å². The summed E-state index contributed by atoms with van der Waals surface area (Å²) in [4.78, 5) is 11.9. The molecule has 0 spiro atoms. The lowest BCUT2D eigenvalue weighted by molar-refractivity contribution is -0.118. The number of ether oxygens (including phenoxy) is 1. The van der Waals surface area contributed by atoms with Crippen molar-refractivity contribution in [1.29, 1.82) is 0 Å². The summed E-state index contributed by atoms with van der Waals surface area (Å²) in [5.74, 6) is 1.93. The molecule has 1 amide bonds. The van der Waals surface area contributed by atoms with Crippen molar-refractivity contribution < 1.29 is 9.53 Å². The second kappa shape index (κ2) is 10.1. The summed E-state index contributed by atoms with van der Waals surface area (Å²) < 4.78 is 5.67. The highest BCUT2D eigenvalue weighted by Gasteiger charge is 2.15. The van der Waals surface area contributed by atoms with Gasteiger partial charge in [-0.1, -0.05) is 38.1 Å². The zero-order chi connectivity index (χ0) is 17.4. The van der Waals surface area contributed by atoms with E-state index in [0.29, 0.717) is 24.3 Å². The van der Waals surface area contributed by atoms with Gasteiger partial charge in [0.2, 0.25) is 5.91 Å². The van der Waals surface area contributed by atoms with E-state index in [0.717, 1.165) is 30.8 Å². The van der Waals surface area contributed by atoms with Gasteiger partial charge < -0.3 is 15.8 Å². The first-order valence-corrected chi connectivity index (χ1v) is 10.0. The highest BCUT2D eigenvalue weighted by Crippen LogP contribution is 2.18. The van der Waals surface area contributed by atoms with E-state index in [1.807, 2.05) is 0 Å². The minimum Gasteiger partial charge on any atom is -0.377 e. The van der Waals surface area contributed by atoms with E-state index in [4.69, 9.17) is 10.5 Å². The Bertz CT molecular complexity index is 499. The van der Waals surface area contributed by atoms with E-state index in [1.54, 1.807) is 11.8 Å². The van der Waals surface area contributed by atoms with Gasteiger partial charge in [0.05, 0.1) is 11.9 Å². The smallest absolute Gasteiger partial charge is 0.230 e. The van der Waals surface area contributed by atoms with Gasteiger partial charge in [0.1, 0.15) is 0 Å². The second-order valence-corrected chi connectivity index (χ2v) is 7.77. The first kappa shape index (κ1) is 19.3. The summed E-state index contributed by atoms with van der Waals surface area (Å²) in [5, 5.41) is 2.93. The van der Waals surface area contributed by atoms with Crippen LogP contribution in [0.25, 0.3) is 0 Å². The lowest BCUT2D eigenvalue weighted by Crippen LogP contribution is -2.33. The molecule has 24 heavy (non-hydrogen) atoms. The zero-order valence-corrected chi connectivity index (χ0v) is 15.6. The predicted molar refractivity (Wildman–Crippen MR) is 101 cm³/mol. The van der Waals surface area contributed by atoms with Crippen LogP contribution in [-0.2, 0) is 9.53 Å². The Hall–Kier alpha value is -1.04. The monoisotopic (exact) mass is 350 g/mol. The van der Waals surface area contributed by atoms with Gasteiger partial charge in [-0.3, -0.25) is 4.79 Å². The molecule has 1 saturated heterocycles. The van der Waals surface area contributed by atoms with Crippen LogP contribution in [0.2, 0.25) is 0 Å². The molecule has 3 N–H and O–H groups in total. The molecule has 2 rings (SSSR count). The fourth-order valence-electron chi connectivity index (χ4n) is 2.74. The van der Waals surface area contributed by atoms with E-state index in [2.05, 4.69) is 43.4 Å². The molecule has 1 aliphatic heterocycles. The Balaban J connectivity index is 1.65. The predicted octanol–water partition coefficient (Wildman–Crippen LogP) is 3.23. The van der Waals surface area contributed by atoms with Crippen LogP contribution < -0.4 is 11.1 Å². The third-order valence-electron chi connectivity index (χ3n) is 4.36. The third-order valence-corrected chi connectivity index (χ3v) is 5.44. The standard InChI is InChI=1S/C19H30N2O2S/c1-14(2)15-6-8-16(9-7-15)18(20)11-21-19(22)13-24-12-17-5-3-4-10-23-17/h6-9,14,17-18H,3-5,10-13,20H2,1-2H3,(H,21,22). The Labute approximate surface area is 149 Å². The van der Waals surface area contributed by atoms with Crippen LogP contribution in [0.1, 0.15) is 56.2 Å². The van der Waals surface area contributed by atoms with Crippen LogP contribution in [0.15, 0.2) is 24.3 Å². The fraction of sp³-hybridized carbons (Fsp3) is 0.632. The summed E-state index contributed by atoms with van der Waals surface area (Å²) in [6, 6.07) is 8.17. The van der Waals surface area contributed by atoms with Gasteiger partial charge in [0.25, 0.3) is 0 Å². The van der Waals surface area contributed by atoms with Crippen LogP contribution in [0.4, 0.5) is 0 Å². The Morgan fingerprint density at radius 2 is 2.00 bits per heavy atom. The molecule has 1 fully saturated rings. The van der Waals surface area contributed by atoms with Crippen molar-refractivity contribution in [2.75, 3.05) is 24.7 Å². The SMILES string of the molecule is CC(C)c1ccc(C(N)CNC(=O)CSCC2CCCCO2)cc1. The first-order chi connectivity index (χ1) is 11.6. The van der Waals surface area contributed by atoms with Crippen molar-refractivity contribution >= 4 is 17.7 Å². The normalized spacial score (nSPS) is 19.2. The summed E-state index contributed by atoms with van der Waals surface area (Å²) in [5.41, 5.74) is 8.53. The summed E-state index contributed by atoms with van der Waals surface area (Å²) in [6.45, 7) is 5.68. The number of hydrogen-bond donors (Lipinski definition) is 2. The molecular formula is C19H30N2O2S. The Morgan fingerprint density at radius 3 is 2.62 bits per heavy atom. The molecule has 1 aromatic carbocycles. The molecule has 0 radical (unpaired) electrons. The van der Waals surface area contributed by atoms with Gasteiger partial charge >= 0.3 is 0 Å². The van der Waals surface area contributed by atoms with Crippen molar-refractivity contribution in [2.24, 2.45) is 5.73 Å². The molecule has 4 nitrogen and oxygen atoms in total. The van der Waals surface area contributed by atoms with Gasteiger partial charge in [-0.25, -0.2) is 0 Å². The topological polar surface area (TPSA) is 64.3 Å². The van der Waals surface area contributed by atoms with Crippen LogP contribution in [-0.4, -0.2) is 36.7 Å². The average Bonchev–Trinajstić information content (AvgIpc) is 2.60. The Kier molecular flexibility index (Phi) is 8.09. The molecular weight excluding hydrogens is 320 g/mol. The van der Waals surface area contributed by atoms with Crippen LogP contribution in [0, 0.1) is 0 Å². The number of nitrogens with two attached hydrogens (primary N) is 1. The number of carbonyl (C=O) groups is 1. The third kappa shape index (κ3) is 6.46. The van der Waals surface area contributed by atoms with Crippen molar-refractivity contribution in [1.82, 2.24) is 5.32 Å². The molecule has 1 aromatic rings. The highest BCUT2D eigenvalue weighted by molar-refractivity contribution is 7.99. The number of amides is 1. The van der Waals surface area contributed by atoms with Crippen LogP contribution in [0.5, 0.6) is 0 Å².